The monoisotopic (exact) mass is 340 g/mol. The van der Waals surface area contributed by atoms with Crippen molar-refractivity contribution in [1.82, 2.24) is 29.6 Å². The molecule has 1 aliphatic rings. The maximum Gasteiger partial charge on any atom is 0.265 e. The van der Waals surface area contributed by atoms with Crippen molar-refractivity contribution in [2.75, 3.05) is 13.1 Å². The molecule has 3 aromatic heterocycles. The molecule has 0 bridgehead atoms. The van der Waals surface area contributed by atoms with Crippen LogP contribution in [0.15, 0.2) is 43.1 Å². The molecule has 122 valence electrons. The highest BCUT2D eigenvalue weighted by Crippen LogP contribution is 2.26. The SMILES string of the molecule is O=C(c1cnc(-c2ncccn2)s1)N1CCC[C@H](n2cccn2)C1. The van der Waals surface area contributed by atoms with Crippen molar-refractivity contribution in [3.05, 3.63) is 48.0 Å². The Morgan fingerprint density at radius 2 is 2.04 bits per heavy atom. The molecule has 8 heteroatoms. The number of nitrogens with zero attached hydrogens (tertiary/aromatic N) is 6. The van der Waals surface area contributed by atoms with Gasteiger partial charge in [0, 0.05) is 37.9 Å². The first kappa shape index (κ1) is 14.9. The van der Waals surface area contributed by atoms with E-state index >= 15 is 0 Å². The summed E-state index contributed by atoms with van der Waals surface area (Å²) in [4.78, 5) is 28.0. The van der Waals surface area contributed by atoms with Crippen LogP contribution in [0.1, 0.15) is 28.6 Å². The Morgan fingerprint density at radius 3 is 2.83 bits per heavy atom. The summed E-state index contributed by atoms with van der Waals surface area (Å²) in [5, 5.41) is 4.97. The van der Waals surface area contributed by atoms with E-state index in [0.29, 0.717) is 22.3 Å². The van der Waals surface area contributed by atoms with Gasteiger partial charge in [-0.1, -0.05) is 0 Å². The first-order chi connectivity index (χ1) is 11.8. The maximum atomic E-state index is 12.8. The van der Waals surface area contributed by atoms with Gasteiger partial charge in [-0.05, 0) is 25.0 Å². The molecule has 1 aliphatic heterocycles. The quantitative estimate of drug-likeness (QED) is 0.731. The molecule has 0 spiro atoms. The molecule has 24 heavy (non-hydrogen) atoms. The second-order valence-corrected chi connectivity index (χ2v) is 6.67. The molecule has 0 aliphatic carbocycles. The van der Waals surface area contributed by atoms with Crippen LogP contribution < -0.4 is 0 Å². The van der Waals surface area contributed by atoms with Gasteiger partial charge >= 0.3 is 0 Å². The zero-order chi connectivity index (χ0) is 16.4. The van der Waals surface area contributed by atoms with Gasteiger partial charge in [0.25, 0.3) is 5.91 Å². The summed E-state index contributed by atoms with van der Waals surface area (Å²) in [6.07, 6.45) is 10.7. The maximum absolute atomic E-state index is 12.8. The average molecular weight is 340 g/mol. The molecular weight excluding hydrogens is 324 g/mol. The summed E-state index contributed by atoms with van der Waals surface area (Å²) < 4.78 is 1.94. The van der Waals surface area contributed by atoms with E-state index in [-0.39, 0.29) is 11.9 Å². The number of thiazole rings is 1. The third kappa shape index (κ3) is 2.92. The zero-order valence-corrected chi connectivity index (χ0v) is 13.8. The van der Waals surface area contributed by atoms with Gasteiger partial charge in [-0.3, -0.25) is 9.48 Å². The van der Waals surface area contributed by atoms with Crippen molar-refractivity contribution in [2.24, 2.45) is 0 Å². The minimum atomic E-state index is 0.0199. The summed E-state index contributed by atoms with van der Waals surface area (Å²) in [5.74, 6) is 0.571. The number of carbonyl (C=O) groups is 1. The van der Waals surface area contributed by atoms with Crippen molar-refractivity contribution in [1.29, 1.82) is 0 Å². The predicted molar refractivity (Wildman–Crippen MR) is 89.5 cm³/mol. The Bertz CT molecular complexity index is 816. The summed E-state index contributed by atoms with van der Waals surface area (Å²) in [7, 11) is 0. The lowest BCUT2D eigenvalue weighted by Crippen LogP contribution is -2.40. The molecule has 0 unspecified atom stereocenters. The average Bonchev–Trinajstić information content (AvgIpc) is 3.34. The summed E-state index contributed by atoms with van der Waals surface area (Å²) in [6.45, 7) is 1.45. The second-order valence-electron chi connectivity index (χ2n) is 5.64. The molecule has 1 amide bonds. The Balaban J connectivity index is 1.50. The van der Waals surface area contributed by atoms with Crippen LogP contribution in [0, 0.1) is 0 Å². The van der Waals surface area contributed by atoms with E-state index in [9.17, 15) is 4.79 Å². The van der Waals surface area contributed by atoms with E-state index < -0.39 is 0 Å². The third-order valence-corrected chi connectivity index (χ3v) is 5.04. The predicted octanol–water partition coefficient (Wildman–Crippen LogP) is 2.27. The highest BCUT2D eigenvalue weighted by atomic mass is 32.1. The number of likely N-dealkylation sites (tertiary alicyclic amines) is 1. The van der Waals surface area contributed by atoms with E-state index in [4.69, 9.17) is 0 Å². The van der Waals surface area contributed by atoms with E-state index in [2.05, 4.69) is 20.1 Å². The first-order valence-electron chi connectivity index (χ1n) is 7.83. The fraction of sp³-hybridized carbons (Fsp3) is 0.312. The minimum Gasteiger partial charge on any atom is -0.336 e. The number of hydrogen-bond acceptors (Lipinski definition) is 6. The molecule has 1 fully saturated rings. The fourth-order valence-electron chi connectivity index (χ4n) is 2.89. The van der Waals surface area contributed by atoms with Gasteiger partial charge in [-0.25, -0.2) is 15.0 Å². The summed E-state index contributed by atoms with van der Waals surface area (Å²) >= 11 is 1.34. The lowest BCUT2D eigenvalue weighted by Gasteiger charge is -2.32. The third-order valence-electron chi connectivity index (χ3n) is 4.06. The lowest BCUT2D eigenvalue weighted by atomic mass is 10.1. The zero-order valence-electron chi connectivity index (χ0n) is 12.9. The summed E-state index contributed by atoms with van der Waals surface area (Å²) in [6, 6.07) is 3.91. The largest absolute Gasteiger partial charge is 0.336 e. The standard InChI is InChI=1S/C16H16N6OS/c23-16(13-10-19-15(24-13)14-17-5-2-6-18-14)21-8-1-4-12(11-21)22-9-3-7-20-22/h2-3,5-7,9-10,12H,1,4,8,11H2/t12-/m0/s1. The summed E-state index contributed by atoms with van der Waals surface area (Å²) in [5.41, 5.74) is 0. The second kappa shape index (κ2) is 6.48. The van der Waals surface area contributed by atoms with Gasteiger partial charge in [-0.2, -0.15) is 5.10 Å². The van der Waals surface area contributed by atoms with Gasteiger partial charge in [0.15, 0.2) is 10.8 Å². The number of rotatable bonds is 3. The van der Waals surface area contributed by atoms with Crippen LogP contribution >= 0.6 is 11.3 Å². The smallest absolute Gasteiger partial charge is 0.265 e. The minimum absolute atomic E-state index is 0.0199. The van der Waals surface area contributed by atoms with Crippen LogP contribution in [0.25, 0.3) is 10.8 Å². The van der Waals surface area contributed by atoms with Crippen molar-refractivity contribution in [3.8, 4) is 10.8 Å². The van der Waals surface area contributed by atoms with Crippen LogP contribution in [0.4, 0.5) is 0 Å². The van der Waals surface area contributed by atoms with Crippen molar-refractivity contribution >= 4 is 17.2 Å². The fourth-order valence-corrected chi connectivity index (χ4v) is 3.73. The first-order valence-corrected chi connectivity index (χ1v) is 8.64. The molecular formula is C16H16N6OS. The molecule has 0 aromatic carbocycles. The molecule has 4 rings (SSSR count). The van der Waals surface area contributed by atoms with Crippen molar-refractivity contribution in [3.63, 3.8) is 0 Å². The Labute approximate surface area is 143 Å². The highest BCUT2D eigenvalue weighted by Gasteiger charge is 2.27. The number of aromatic nitrogens is 5. The molecule has 0 radical (unpaired) electrons. The number of carbonyl (C=O) groups excluding carboxylic acids is 1. The van der Waals surface area contributed by atoms with Gasteiger partial charge in [0.2, 0.25) is 0 Å². The lowest BCUT2D eigenvalue weighted by molar-refractivity contribution is 0.0677. The topological polar surface area (TPSA) is 76.8 Å². The number of hydrogen-bond donors (Lipinski definition) is 0. The molecule has 3 aromatic rings. The Hall–Kier alpha value is -2.61. The van der Waals surface area contributed by atoms with Gasteiger partial charge in [-0.15, -0.1) is 11.3 Å². The number of amides is 1. The highest BCUT2D eigenvalue weighted by molar-refractivity contribution is 7.16. The van der Waals surface area contributed by atoms with Gasteiger partial charge in [0.05, 0.1) is 12.2 Å². The molecule has 0 N–H and O–H groups in total. The molecule has 1 saturated heterocycles. The van der Waals surface area contributed by atoms with Crippen LogP contribution in [0.2, 0.25) is 0 Å². The van der Waals surface area contributed by atoms with E-state index in [1.54, 1.807) is 30.9 Å². The molecule has 0 saturated carbocycles. The molecule has 4 heterocycles. The Kier molecular flexibility index (Phi) is 4.04. The number of piperidine rings is 1. The van der Waals surface area contributed by atoms with Gasteiger partial charge < -0.3 is 4.90 Å². The van der Waals surface area contributed by atoms with Crippen LogP contribution in [0.5, 0.6) is 0 Å². The van der Waals surface area contributed by atoms with E-state index in [0.717, 1.165) is 19.4 Å². The van der Waals surface area contributed by atoms with Crippen LogP contribution in [-0.4, -0.2) is 48.6 Å². The van der Waals surface area contributed by atoms with E-state index in [1.165, 1.54) is 11.3 Å². The van der Waals surface area contributed by atoms with Crippen LogP contribution in [0.3, 0.4) is 0 Å². The van der Waals surface area contributed by atoms with Crippen LogP contribution in [-0.2, 0) is 0 Å². The van der Waals surface area contributed by atoms with Gasteiger partial charge in [0.1, 0.15) is 4.88 Å². The van der Waals surface area contributed by atoms with Crippen molar-refractivity contribution < 1.29 is 4.79 Å². The molecule has 1 atom stereocenters. The van der Waals surface area contributed by atoms with Crippen molar-refractivity contribution in [2.45, 2.75) is 18.9 Å². The van der Waals surface area contributed by atoms with E-state index in [1.807, 2.05) is 21.8 Å². The Morgan fingerprint density at radius 1 is 1.17 bits per heavy atom. The molecule has 7 nitrogen and oxygen atoms in total. The normalized spacial score (nSPS) is 17.8.